The summed E-state index contributed by atoms with van der Waals surface area (Å²) >= 11 is 0.639. The van der Waals surface area contributed by atoms with Gasteiger partial charge in [-0.25, -0.2) is 13.6 Å². The van der Waals surface area contributed by atoms with Crippen LogP contribution in [0, 0.1) is 11.3 Å². The molecule has 1 unspecified atom stereocenters. The molecule has 101 heavy (non-hydrogen) atoms. The Hall–Kier alpha value is -10.2. The summed E-state index contributed by atoms with van der Waals surface area (Å²) in [7, 11) is 0. The van der Waals surface area contributed by atoms with Crippen molar-refractivity contribution in [3.8, 4) is 6.07 Å². The molecule has 3 aliphatic rings. The number of pyridine rings is 1. The first-order valence-electron chi connectivity index (χ1n) is 31.6. The second-order valence-corrected chi connectivity index (χ2v) is 24.9. The van der Waals surface area contributed by atoms with Gasteiger partial charge in [0.1, 0.15) is 30.2 Å². The number of hydrogen-bond donors (Lipinski definition) is 14. The summed E-state index contributed by atoms with van der Waals surface area (Å²) in [6.07, 6.45) is -3.58. The third kappa shape index (κ3) is 27.1. The zero-order valence-electron chi connectivity index (χ0n) is 54.5. The Morgan fingerprint density at radius 1 is 0.653 bits per heavy atom. The predicted molar refractivity (Wildman–Crippen MR) is 345 cm³/mol. The van der Waals surface area contributed by atoms with Gasteiger partial charge in [-0.15, -0.1) is 11.8 Å². The normalized spacial score (nSPS) is 18.2. The van der Waals surface area contributed by atoms with Crippen LogP contribution in [-0.4, -0.2) is 318 Å². The van der Waals surface area contributed by atoms with Gasteiger partial charge in [-0.2, -0.15) is 5.26 Å². The number of aromatic nitrogens is 1. The molecule has 41 heteroatoms. The van der Waals surface area contributed by atoms with Crippen molar-refractivity contribution in [3.63, 3.8) is 0 Å². The fraction of sp³-hybridized carbons (Fsp3) is 0.567. The van der Waals surface area contributed by atoms with Crippen molar-refractivity contribution in [2.24, 2.45) is 5.73 Å². The molecular weight excluding hydrogens is 1370 g/mol. The van der Waals surface area contributed by atoms with E-state index in [-0.39, 0.29) is 126 Å². The molecule has 6 atom stereocenters. The number of carbonyl (C=O) groups is 16. The molecule has 0 spiro atoms. The highest BCUT2D eigenvalue weighted by Gasteiger charge is 2.47. The van der Waals surface area contributed by atoms with Crippen LogP contribution in [0.1, 0.15) is 68.1 Å². The number of hydrogen-bond acceptors (Lipinski definition) is 24. The first-order valence-corrected chi connectivity index (χ1v) is 32.7. The van der Waals surface area contributed by atoms with Crippen molar-refractivity contribution >= 4 is 123 Å². The van der Waals surface area contributed by atoms with Crippen LogP contribution in [0.2, 0.25) is 0 Å². The summed E-state index contributed by atoms with van der Waals surface area (Å²) in [5.74, 6) is -21.9. The average molecular weight is 1450 g/mol. The van der Waals surface area contributed by atoms with Gasteiger partial charge in [0, 0.05) is 108 Å². The van der Waals surface area contributed by atoms with E-state index in [1.807, 2.05) is 0 Å². The number of carboxylic acids is 6. The summed E-state index contributed by atoms with van der Waals surface area (Å²) in [6.45, 7) is -2.64. The first-order chi connectivity index (χ1) is 47.8. The molecule has 0 saturated carbocycles. The monoisotopic (exact) mass is 1450 g/mol. The number of thioether (sulfide) groups is 1. The van der Waals surface area contributed by atoms with E-state index in [1.54, 1.807) is 25.7 Å². The molecule has 15 N–H and O–H groups in total. The molecule has 0 radical (unpaired) electrons. The molecule has 3 aliphatic heterocycles. The highest BCUT2D eigenvalue weighted by molar-refractivity contribution is 8.00. The summed E-state index contributed by atoms with van der Waals surface area (Å²) in [5.41, 5.74) is 5.68. The maximum Gasteiger partial charge on any atom is 0.327 e. The van der Waals surface area contributed by atoms with Crippen molar-refractivity contribution < 1.29 is 116 Å². The number of likely N-dealkylation sites (tertiary alicyclic amines) is 2. The highest BCUT2D eigenvalue weighted by Crippen LogP contribution is 2.32. The van der Waals surface area contributed by atoms with E-state index in [0.717, 1.165) is 4.90 Å². The molecule has 4 heterocycles. The number of anilines is 1. The smallest absolute Gasteiger partial charge is 0.327 e. The van der Waals surface area contributed by atoms with Crippen LogP contribution in [0.5, 0.6) is 0 Å². The number of carboxylic acid groups (broad SMARTS) is 6. The molecule has 2 aromatic rings. The van der Waals surface area contributed by atoms with Crippen LogP contribution < -0.4 is 43.0 Å². The lowest BCUT2D eigenvalue weighted by Crippen LogP contribution is -2.58. The number of fused-ring (bicyclic) bond motifs is 1. The third-order valence-electron chi connectivity index (χ3n) is 15.9. The quantitative estimate of drug-likeness (QED) is 0.0222. The number of unbranched alkanes of at least 4 members (excludes halogenated alkanes) is 1. The second kappa shape index (κ2) is 39.6. The minimum atomic E-state index is -3.29. The van der Waals surface area contributed by atoms with Gasteiger partial charge in [0.25, 0.3) is 11.8 Å². The van der Waals surface area contributed by atoms with Gasteiger partial charge in [-0.3, -0.25) is 101 Å². The number of rotatable bonds is 37. The van der Waals surface area contributed by atoms with E-state index in [2.05, 4.69) is 42.2 Å². The summed E-state index contributed by atoms with van der Waals surface area (Å²) in [6, 6.07) is -1.78. The lowest BCUT2D eigenvalue weighted by molar-refractivity contribution is -0.143. The molecule has 3 saturated heterocycles. The van der Waals surface area contributed by atoms with E-state index in [1.165, 1.54) is 30.5 Å². The molecule has 552 valence electrons. The van der Waals surface area contributed by atoms with Crippen LogP contribution in [0.3, 0.4) is 0 Å². The Morgan fingerprint density at radius 2 is 1.18 bits per heavy atom. The fourth-order valence-corrected chi connectivity index (χ4v) is 12.0. The Kier molecular flexibility index (Phi) is 32.0. The molecule has 1 aromatic heterocycles. The van der Waals surface area contributed by atoms with E-state index >= 15 is 0 Å². The van der Waals surface area contributed by atoms with Gasteiger partial charge in [0.15, 0.2) is 0 Å². The Balaban J connectivity index is 1.14. The molecule has 10 amide bonds. The van der Waals surface area contributed by atoms with Crippen LogP contribution in [0.25, 0.3) is 10.9 Å². The summed E-state index contributed by atoms with van der Waals surface area (Å²) in [5, 5.41) is 82.5. The van der Waals surface area contributed by atoms with E-state index < -0.39 is 207 Å². The maximum atomic E-state index is 13.9. The van der Waals surface area contributed by atoms with Crippen molar-refractivity contribution in [3.05, 3.63) is 36.0 Å². The standard InChI is InChI=1S/C60H80F2N16O22S/c61-60(62)25-34(26-64)78(33-60)47(83)27-67-54(94)36-9-11-66-53-35(36)4-3-6-37(53)68-43(79)7-8-44(80)69-39(22-48(84)85)56(96)70-38(5-1-2-10-63)55(95)71-40(23-49(86)87)57(97)72-41(59(99)100)32-101-42-24-46(82)77(58(42)98)13-12-65-45(81)28-73-14-16-74(29-50(88)89)18-20-76(31-52(92)93)21-19-75(17-15-73)30-51(90)91/h3-4,6,9,11,34,38-42H,1-2,5,7-8,10,12-25,27-33,63H2,(H,65,81)(H,67,94)(H,68,79)(H,69,80)(H,70,96)(H,71,95)(H,72,97)(H,84,85)(H,86,87)(H,88,89)(H,90,91)(H,92,93)(H,99,100)/t34-,38-,39-,40-,41-,42?/m1/s1. The van der Waals surface area contributed by atoms with Gasteiger partial charge in [0.05, 0.1) is 80.2 Å². The largest absolute Gasteiger partial charge is 0.481 e. The van der Waals surface area contributed by atoms with Crippen LogP contribution in [0.4, 0.5) is 14.5 Å². The molecule has 1 aromatic carbocycles. The van der Waals surface area contributed by atoms with Gasteiger partial charge < -0.3 is 78.5 Å². The van der Waals surface area contributed by atoms with Crippen LogP contribution >= 0.6 is 11.8 Å². The molecule has 38 nitrogen and oxygen atoms in total. The molecule has 5 rings (SSSR count). The van der Waals surface area contributed by atoms with Gasteiger partial charge in [-0.1, -0.05) is 12.1 Å². The zero-order valence-corrected chi connectivity index (χ0v) is 55.3. The second-order valence-electron chi connectivity index (χ2n) is 23.7. The molecule has 0 bridgehead atoms. The number of nitrogens with two attached hydrogens (primary N) is 1. The first kappa shape index (κ1) is 81.5. The van der Waals surface area contributed by atoms with Crippen molar-refractivity contribution in [2.75, 3.05) is 122 Å². The summed E-state index contributed by atoms with van der Waals surface area (Å²) < 4.78 is 27.9. The molecule has 3 fully saturated rings. The number of nitrogens with one attached hydrogen (secondary N) is 7. The lowest BCUT2D eigenvalue weighted by atomic mass is 10.1. The fourth-order valence-electron chi connectivity index (χ4n) is 10.8. The Bertz CT molecular complexity index is 3450. The van der Waals surface area contributed by atoms with Gasteiger partial charge in [-0.05, 0) is 37.9 Å². The number of para-hydroxylation sites is 1. The van der Waals surface area contributed by atoms with Crippen LogP contribution in [0.15, 0.2) is 30.5 Å². The number of amides is 10. The molecule has 0 aliphatic carbocycles. The lowest BCUT2D eigenvalue weighted by Gasteiger charge is -2.32. The minimum absolute atomic E-state index is 0.0339. The summed E-state index contributed by atoms with van der Waals surface area (Å²) in [4.78, 5) is 217. The van der Waals surface area contributed by atoms with Crippen LogP contribution in [-0.2, 0) is 71.9 Å². The van der Waals surface area contributed by atoms with E-state index in [0.29, 0.717) is 16.7 Å². The predicted octanol–water partition coefficient (Wildman–Crippen LogP) is -5.00. The average Bonchev–Trinajstić information content (AvgIpc) is 1.11. The maximum absolute atomic E-state index is 13.9. The zero-order chi connectivity index (χ0) is 74.7. The number of carbonyl (C=O) groups excluding carboxylic acids is 10. The van der Waals surface area contributed by atoms with Gasteiger partial charge in [0.2, 0.25) is 53.2 Å². The minimum Gasteiger partial charge on any atom is -0.481 e. The van der Waals surface area contributed by atoms with Crippen molar-refractivity contribution in [1.29, 1.82) is 5.26 Å². The van der Waals surface area contributed by atoms with Crippen molar-refractivity contribution in [2.45, 2.75) is 99.2 Å². The number of benzene rings is 1. The number of nitriles is 1. The number of nitrogens with zero attached hydrogens (tertiary/aromatic N) is 8. The van der Waals surface area contributed by atoms with E-state index in [9.17, 15) is 121 Å². The number of aliphatic carboxylic acids is 6. The number of alkyl halides is 2. The highest BCUT2D eigenvalue weighted by atomic mass is 32.2. The van der Waals surface area contributed by atoms with Gasteiger partial charge >= 0.3 is 35.8 Å². The molecular formula is C60H80F2N16O22S. The Morgan fingerprint density at radius 3 is 1.71 bits per heavy atom. The Labute approximate surface area is 578 Å². The topological polar surface area (TPSA) is 561 Å². The van der Waals surface area contributed by atoms with E-state index in [4.69, 9.17) is 5.73 Å². The number of halogens is 2. The number of imide groups is 1. The SMILES string of the molecule is N#C[C@H]1CC(F)(F)CN1C(=O)CNC(=O)c1ccnc2c(NC(=O)CCC(=O)N[C@H](CC(=O)O)C(=O)N[C@H](CCCCN)C(=O)N[C@H](CC(=O)O)C(=O)N[C@H](CSC3CC(=O)N(CCNC(=O)CN4CCN(CC(=O)O)CCN(CC(=O)O)CCN(CC(=O)O)CC4)C3=O)C(=O)O)cccc12. The van der Waals surface area contributed by atoms with Crippen molar-refractivity contribution in [1.82, 2.24) is 66.3 Å². The third-order valence-corrected chi connectivity index (χ3v) is 17.2.